The molecule has 1 atom stereocenters. The summed E-state index contributed by atoms with van der Waals surface area (Å²) in [5.41, 5.74) is 2.38. The monoisotopic (exact) mass is 307 g/mol. The molecule has 0 radical (unpaired) electrons. The van der Waals surface area contributed by atoms with Crippen LogP contribution in [0.1, 0.15) is 17.2 Å². The van der Waals surface area contributed by atoms with Gasteiger partial charge in [0.15, 0.2) is 0 Å². The van der Waals surface area contributed by atoms with Crippen molar-refractivity contribution in [1.29, 1.82) is 0 Å². The largest absolute Gasteiger partial charge is 0.383 e. The van der Waals surface area contributed by atoms with Crippen molar-refractivity contribution in [3.63, 3.8) is 0 Å². The van der Waals surface area contributed by atoms with E-state index >= 15 is 0 Å². The third-order valence-corrected chi connectivity index (χ3v) is 3.69. The van der Waals surface area contributed by atoms with Gasteiger partial charge in [-0.2, -0.15) is 5.10 Å². The van der Waals surface area contributed by atoms with Crippen LogP contribution < -0.4 is 5.32 Å². The maximum absolute atomic E-state index is 5.98. The van der Waals surface area contributed by atoms with Crippen LogP contribution in [0.5, 0.6) is 0 Å². The summed E-state index contributed by atoms with van der Waals surface area (Å²) in [6, 6.07) is 10.1. The molecule has 2 rings (SSSR count). The number of methoxy groups -OCH3 is 1. The molecule has 5 heteroatoms. The van der Waals surface area contributed by atoms with Crippen LogP contribution in [0, 0.1) is 0 Å². The molecule has 0 aliphatic carbocycles. The van der Waals surface area contributed by atoms with E-state index in [2.05, 4.69) is 28.6 Å². The van der Waals surface area contributed by atoms with Gasteiger partial charge in [0.2, 0.25) is 0 Å². The Hall–Kier alpha value is -1.36. The van der Waals surface area contributed by atoms with Crippen molar-refractivity contribution in [2.24, 2.45) is 7.05 Å². The molecule has 114 valence electrons. The molecule has 0 aliphatic heterocycles. The topological polar surface area (TPSA) is 39.1 Å². The van der Waals surface area contributed by atoms with Gasteiger partial charge < -0.3 is 10.1 Å². The summed E-state index contributed by atoms with van der Waals surface area (Å²) >= 11 is 5.98. The molecular weight excluding hydrogens is 286 g/mol. The second kappa shape index (κ2) is 8.17. The zero-order valence-corrected chi connectivity index (χ0v) is 13.3. The Morgan fingerprint density at radius 3 is 2.67 bits per heavy atom. The highest BCUT2D eigenvalue weighted by atomic mass is 35.5. The Morgan fingerprint density at radius 2 is 2.05 bits per heavy atom. The smallest absolute Gasteiger partial charge is 0.0631 e. The molecule has 2 aromatic rings. The van der Waals surface area contributed by atoms with E-state index in [1.54, 1.807) is 7.11 Å². The van der Waals surface area contributed by atoms with Gasteiger partial charge in [-0.15, -0.1) is 0 Å². The standard InChI is InChI=1S/C16H22ClN3O/c1-20-9-7-16(19-20)11-14(12-18-8-10-21-2)13-3-5-15(17)6-4-13/h3-7,9,14,18H,8,10-12H2,1-2H3. The number of hydrogen-bond acceptors (Lipinski definition) is 3. The van der Waals surface area contributed by atoms with Gasteiger partial charge in [0.25, 0.3) is 0 Å². The van der Waals surface area contributed by atoms with E-state index in [0.29, 0.717) is 5.92 Å². The number of aryl methyl sites for hydroxylation is 1. The Balaban J connectivity index is 2.04. The lowest BCUT2D eigenvalue weighted by molar-refractivity contribution is 0.199. The number of hydrogen-bond donors (Lipinski definition) is 1. The van der Waals surface area contributed by atoms with Crippen molar-refractivity contribution in [2.45, 2.75) is 12.3 Å². The molecule has 0 spiro atoms. The molecule has 1 aromatic heterocycles. The summed E-state index contributed by atoms with van der Waals surface area (Å²) in [7, 11) is 3.66. The van der Waals surface area contributed by atoms with Gasteiger partial charge in [-0.3, -0.25) is 4.68 Å². The maximum atomic E-state index is 5.98. The summed E-state index contributed by atoms with van der Waals surface area (Å²) in [6.45, 7) is 2.46. The number of rotatable bonds is 8. The lowest BCUT2D eigenvalue weighted by atomic mass is 9.94. The van der Waals surface area contributed by atoms with E-state index < -0.39 is 0 Å². The van der Waals surface area contributed by atoms with Crippen molar-refractivity contribution >= 4 is 11.6 Å². The van der Waals surface area contributed by atoms with Crippen LogP contribution >= 0.6 is 11.6 Å². The predicted octanol–water partition coefficient (Wildman–Crippen LogP) is 2.64. The van der Waals surface area contributed by atoms with Gasteiger partial charge in [-0.05, 0) is 30.2 Å². The quantitative estimate of drug-likeness (QED) is 0.762. The van der Waals surface area contributed by atoms with Crippen molar-refractivity contribution in [1.82, 2.24) is 15.1 Å². The minimum Gasteiger partial charge on any atom is -0.383 e. The van der Waals surface area contributed by atoms with Gasteiger partial charge >= 0.3 is 0 Å². The van der Waals surface area contributed by atoms with Gasteiger partial charge in [0.05, 0.1) is 12.3 Å². The maximum Gasteiger partial charge on any atom is 0.0631 e. The fourth-order valence-electron chi connectivity index (χ4n) is 2.32. The molecule has 1 heterocycles. The Labute approximate surface area is 131 Å². The van der Waals surface area contributed by atoms with Crippen molar-refractivity contribution < 1.29 is 4.74 Å². The number of benzene rings is 1. The van der Waals surface area contributed by atoms with E-state index in [4.69, 9.17) is 16.3 Å². The highest BCUT2D eigenvalue weighted by molar-refractivity contribution is 6.30. The minimum atomic E-state index is 0.369. The SMILES string of the molecule is COCCNCC(Cc1ccn(C)n1)c1ccc(Cl)cc1. The third-order valence-electron chi connectivity index (χ3n) is 3.44. The number of ether oxygens (including phenoxy) is 1. The third kappa shape index (κ3) is 5.16. The van der Waals surface area contributed by atoms with E-state index in [9.17, 15) is 0 Å². The Morgan fingerprint density at radius 1 is 1.29 bits per heavy atom. The second-order valence-corrected chi connectivity index (χ2v) is 5.57. The zero-order chi connectivity index (χ0) is 15.1. The van der Waals surface area contributed by atoms with Crippen LogP contribution in [-0.2, 0) is 18.2 Å². The van der Waals surface area contributed by atoms with Crippen LogP contribution in [0.2, 0.25) is 5.02 Å². The highest BCUT2D eigenvalue weighted by Crippen LogP contribution is 2.21. The average Bonchev–Trinajstić information content (AvgIpc) is 2.88. The lowest BCUT2D eigenvalue weighted by Crippen LogP contribution is -2.26. The first-order valence-electron chi connectivity index (χ1n) is 7.12. The van der Waals surface area contributed by atoms with E-state index in [-0.39, 0.29) is 0 Å². The average molecular weight is 308 g/mol. The molecule has 0 saturated carbocycles. The number of halogens is 1. The normalized spacial score (nSPS) is 12.5. The minimum absolute atomic E-state index is 0.369. The zero-order valence-electron chi connectivity index (χ0n) is 12.6. The van der Waals surface area contributed by atoms with Crippen LogP contribution in [0.15, 0.2) is 36.5 Å². The Kier molecular flexibility index (Phi) is 6.23. The first kappa shape index (κ1) is 16.0. The number of aromatic nitrogens is 2. The first-order chi connectivity index (χ1) is 10.2. The molecule has 0 fully saturated rings. The van der Waals surface area contributed by atoms with E-state index in [1.165, 1.54) is 5.56 Å². The summed E-state index contributed by atoms with van der Waals surface area (Å²) in [6.07, 6.45) is 2.88. The van der Waals surface area contributed by atoms with E-state index in [1.807, 2.05) is 30.1 Å². The number of nitrogens with one attached hydrogen (secondary N) is 1. The summed E-state index contributed by atoms with van der Waals surface area (Å²) in [5, 5.41) is 8.68. The predicted molar refractivity (Wildman–Crippen MR) is 85.9 cm³/mol. The van der Waals surface area contributed by atoms with Crippen molar-refractivity contribution in [3.8, 4) is 0 Å². The fraction of sp³-hybridized carbons (Fsp3) is 0.438. The summed E-state index contributed by atoms with van der Waals surface area (Å²) < 4.78 is 6.91. The van der Waals surface area contributed by atoms with Crippen LogP contribution in [-0.4, -0.2) is 36.6 Å². The highest BCUT2D eigenvalue weighted by Gasteiger charge is 2.13. The van der Waals surface area contributed by atoms with Gasteiger partial charge in [0.1, 0.15) is 0 Å². The van der Waals surface area contributed by atoms with Crippen molar-refractivity contribution in [2.75, 3.05) is 26.8 Å². The molecule has 0 saturated heterocycles. The fourth-order valence-corrected chi connectivity index (χ4v) is 2.44. The molecule has 21 heavy (non-hydrogen) atoms. The lowest BCUT2D eigenvalue weighted by Gasteiger charge is -2.17. The van der Waals surface area contributed by atoms with Crippen LogP contribution in [0.4, 0.5) is 0 Å². The molecule has 1 unspecified atom stereocenters. The van der Waals surface area contributed by atoms with Gasteiger partial charge in [-0.1, -0.05) is 23.7 Å². The molecule has 0 aliphatic rings. The van der Waals surface area contributed by atoms with E-state index in [0.717, 1.165) is 36.8 Å². The van der Waals surface area contributed by atoms with Crippen molar-refractivity contribution in [3.05, 3.63) is 52.8 Å². The molecule has 1 aromatic carbocycles. The van der Waals surface area contributed by atoms with Gasteiger partial charge in [-0.25, -0.2) is 0 Å². The summed E-state index contributed by atoms with van der Waals surface area (Å²) in [5.74, 6) is 0.369. The molecule has 4 nitrogen and oxygen atoms in total. The molecule has 0 bridgehead atoms. The Bertz CT molecular complexity index is 539. The molecule has 1 N–H and O–H groups in total. The first-order valence-corrected chi connectivity index (χ1v) is 7.50. The van der Waals surface area contributed by atoms with Crippen LogP contribution in [0.25, 0.3) is 0 Å². The van der Waals surface area contributed by atoms with Crippen LogP contribution in [0.3, 0.4) is 0 Å². The second-order valence-electron chi connectivity index (χ2n) is 5.13. The molecule has 0 amide bonds. The molecular formula is C16H22ClN3O. The van der Waals surface area contributed by atoms with Gasteiger partial charge in [0, 0.05) is 44.4 Å². The summed E-state index contributed by atoms with van der Waals surface area (Å²) in [4.78, 5) is 0. The number of nitrogens with zero attached hydrogens (tertiary/aromatic N) is 2.